The topological polar surface area (TPSA) is 58.6 Å². The lowest BCUT2D eigenvalue weighted by Crippen LogP contribution is -2.43. The molecule has 0 saturated carbocycles. The van der Waals surface area contributed by atoms with E-state index in [0.717, 1.165) is 32.5 Å². The van der Waals surface area contributed by atoms with Gasteiger partial charge in [0.1, 0.15) is 0 Å². The molecule has 2 heterocycles. The molecule has 17 heavy (non-hydrogen) atoms. The summed E-state index contributed by atoms with van der Waals surface area (Å²) in [7, 11) is 0. The molecule has 0 aromatic carbocycles. The van der Waals surface area contributed by atoms with Gasteiger partial charge in [-0.1, -0.05) is 0 Å². The van der Waals surface area contributed by atoms with E-state index in [4.69, 9.17) is 4.74 Å². The van der Waals surface area contributed by atoms with E-state index in [1.54, 1.807) is 0 Å². The lowest BCUT2D eigenvalue weighted by Gasteiger charge is -2.37. The molecule has 0 unspecified atom stereocenters. The minimum atomic E-state index is -0.149. The number of rotatable bonds is 3. The number of likely N-dealkylation sites (tertiary alicyclic amines) is 1. The minimum Gasteiger partial charge on any atom is -0.465 e. The number of nitrogens with one attached hydrogen (secondary N) is 1. The predicted molar refractivity (Wildman–Crippen MR) is 62.4 cm³/mol. The normalized spacial score (nSPS) is 23.7. The lowest BCUT2D eigenvalue weighted by atomic mass is 9.78. The van der Waals surface area contributed by atoms with Crippen LogP contribution in [-0.4, -0.2) is 49.6 Å². The van der Waals surface area contributed by atoms with E-state index in [2.05, 4.69) is 10.2 Å². The van der Waals surface area contributed by atoms with Gasteiger partial charge in [0.25, 0.3) is 0 Å². The smallest absolute Gasteiger partial charge is 0.320 e. The van der Waals surface area contributed by atoms with Crippen LogP contribution in [0.15, 0.2) is 0 Å². The summed E-state index contributed by atoms with van der Waals surface area (Å²) < 4.78 is 4.93. The van der Waals surface area contributed by atoms with Crippen molar-refractivity contribution in [2.75, 3.05) is 32.8 Å². The number of carbonyl (C=O) groups is 2. The molecule has 1 spiro atoms. The van der Waals surface area contributed by atoms with E-state index in [0.29, 0.717) is 19.6 Å². The van der Waals surface area contributed by atoms with Crippen molar-refractivity contribution in [1.82, 2.24) is 10.2 Å². The fourth-order valence-electron chi connectivity index (χ4n) is 2.68. The van der Waals surface area contributed by atoms with Crippen molar-refractivity contribution in [1.29, 1.82) is 0 Å². The van der Waals surface area contributed by atoms with Crippen molar-refractivity contribution in [2.45, 2.75) is 26.2 Å². The van der Waals surface area contributed by atoms with Gasteiger partial charge in [-0.05, 0) is 38.3 Å². The Balaban J connectivity index is 1.78. The Kier molecular flexibility index (Phi) is 3.66. The summed E-state index contributed by atoms with van der Waals surface area (Å²) in [5, 5.41) is 2.91. The van der Waals surface area contributed by atoms with E-state index in [1.165, 1.54) is 0 Å². The second-order valence-electron chi connectivity index (χ2n) is 5.03. The number of piperidine rings is 1. The average molecular weight is 240 g/mol. The van der Waals surface area contributed by atoms with Gasteiger partial charge in [-0.15, -0.1) is 0 Å². The summed E-state index contributed by atoms with van der Waals surface area (Å²) in [5.41, 5.74) is 0.155. The summed E-state index contributed by atoms with van der Waals surface area (Å²) in [6.45, 7) is 5.21. The molecule has 0 radical (unpaired) electrons. The lowest BCUT2D eigenvalue weighted by molar-refractivity contribution is -0.145. The zero-order valence-electron chi connectivity index (χ0n) is 10.3. The zero-order valence-corrected chi connectivity index (χ0v) is 10.3. The van der Waals surface area contributed by atoms with Gasteiger partial charge in [0.15, 0.2) is 0 Å². The molecule has 0 atom stereocenters. The molecule has 2 fully saturated rings. The van der Waals surface area contributed by atoms with Gasteiger partial charge in [0.05, 0.1) is 13.2 Å². The Morgan fingerprint density at radius 3 is 2.71 bits per heavy atom. The molecule has 0 aromatic rings. The number of carbonyl (C=O) groups excluding carboxylic acids is 2. The predicted octanol–water partition coefficient (Wildman–Crippen LogP) is 0.152. The van der Waals surface area contributed by atoms with Gasteiger partial charge in [0, 0.05) is 13.0 Å². The zero-order chi connectivity index (χ0) is 12.3. The molecule has 1 N–H and O–H groups in total. The van der Waals surface area contributed by atoms with Gasteiger partial charge in [-0.25, -0.2) is 0 Å². The van der Waals surface area contributed by atoms with Crippen LogP contribution in [0.1, 0.15) is 26.2 Å². The monoisotopic (exact) mass is 240 g/mol. The van der Waals surface area contributed by atoms with Crippen LogP contribution in [0.5, 0.6) is 0 Å². The molecule has 2 aliphatic rings. The van der Waals surface area contributed by atoms with Crippen molar-refractivity contribution < 1.29 is 14.3 Å². The molecule has 1 amide bonds. The fourth-order valence-corrected chi connectivity index (χ4v) is 2.68. The maximum Gasteiger partial charge on any atom is 0.320 e. The first-order chi connectivity index (χ1) is 8.13. The van der Waals surface area contributed by atoms with E-state index < -0.39 is 0 Å². The van der Waals surface area contributed by atoms with Crippen LogP contribution in [0.3, 0.4) is 0 Å². The Hall–Kier alpha value is -1.10. The Labute approximate surface area is 101 Å². The minimum absolute atomic E-state index is 0.149. The summed E-state index contributed by atoms with van der Waals surface area (Å²) in [5.74, 6) is 0.0212. The first kappa shape index (κ1) is 12.4. The molecule has 2 rings (SSSR count). The first-order valence-corrected chi connectivity index (χ1v) is 6.28. The summed E-state index contributed by atoms with van der Waals surface area (Å²) in [4.78, 5) is 24.7. The van der Waals surface area contributed by atoms with Gasteiger partial charge >= 0.3 is 5.97 Å². The SMILES string of the molecule is CCOC(=O)CN1CCC2(CC1)CNC(=O)C2. The quantitative estimate of drug-likeness (QED) is 0.714. The van der Waals surface area contributed by atoms with E-state index in [9.17, 15) is 9.59 Å². The molecule has 0 aliphatic carbocycles. The molecule has 96 valence electrons. The molecule has 0 aromatic heterocycles. The number of amides is 1. The largest absolute Gasteiger partial charge is 0.465 e. The van der Waals surface area contributed by atoms with Crippen LogP contribution < -0.4 is 5.32 Å². The van der Waals surface area contributed by atoms with Crippen LogP contribution in [0.2, 0.25) is 0 Å². The Bertz CT molecular complexity index is 309. The molecule has 2 aliphatic heterocycles. The molecule has 2 saturated heterocycles. The van der Waals surface area contributed by atoms with Crippen LogP contribution in [0.25, 0.3) is 0 Å². The van der Waals surface area contributed by atoms with E-state index in [1.807, 2.05) is 6.92 Å². The van der Waals surface area contributed by atoms with Crippen LogP contribution in [0.4, 0.5) is 0 Å². The highest BCUT2D eigenvalue weighted by Crippen LogP contribution is 2.37. The van der Waals surface area contributed by atoms with E-state index >= 15 is 0 Å². The standard InChI is InChI=1S/C12H20N2O3/c1-2-17-11(16)8-14-5-3-12(4-6-14)7-10(15)13-9-12/h2-9H2,1H3,(H,13,15). The third-order valence-corrected chi connectivity index (χ3v) is 3.77. The number of esters is 1. The molecule has 5 heteroatoms. The maximum absolute atomic E-state index is 11.3. The number of nitrogens with zero attached hydrogens (tertiary/aromatic N) is 1. The van der Waals surface area contributed by atoms with E-state index in [-0.39, 0.29) is 17.3 Å². The summed E-state index contributed by atoms with van der Waals surface area (Å²) >= 11 is 0. The molecular weight excluding hydrogens is 220 g/mol. The van der Waals surface area contributed by atoms with Crippen molar-refractivity contribution in [2.24, 2.45) is 5.41 Å². The summed E-state index contributed by atoms with van der Waals surface area (Å²) in [6, 6.07) is 0. The van der Waals surface area contributed by atoms with Gasteiger partial charge < -0.3 is 10.1 Å². The van der Waals surface area contributed by atoms with Crippen molar-refractivity contribution in [3.05, 3.63) is 0 Å². The second-order valence-corrected chi connectivity index (χ2v) is 5.03. The molecule has 5 nitrogen and oxygen atoms in total. The molecule has 0 bridgehead atoms. The number of hydrogen-bond donors (Lipinski definition) is 1. The highest BCUT2D eigenvalue weighted by atomic mass is 16.5. The Morgan fingerprint density at radius 1 is 1.47 bits per heavy atom. The van der Waals surface area contributed by atoms with Gasteiger partial charge in [0.2, 0.25) is 5.91 Å². The van der Waals surface area contributed by atoms with Crippen LogP contribution >= 0.6 is 0 Å². The maximum atomic E-state index is 11.3. The van der Waals surface area contributed by atoms with Gasteiger partial charge in [-0.2, -0.15) is 0 Å². The van der Waals surface area contributed by atoms with Crippen LogP contribution in [0, 0.1) is 5.41 Å². The van der Waals surface area contributed by atoms with Crippen molar-refractivity contribution in [3.8, 4) is 0 Å². The molecular formula is C12H20N2O3. The van der Waals surface area contributed by atoms with Gasteiger partial charge in [-0.3, -0.25) is 14.5 Å². The third-order valence-electron chi connectivity index (χ3n) is 3.77. The first-order valence-electron chi connectivity index (χ1n) is 6.28. The highest BCUT2D eigenvalue weighted by Gasteiger charge is 2.40. The number of hydrogen-bond acceptors (Lipinski definition) is 4. The third kappa shape index (κ3) is 2.97. The fraction of sp³-hybridized carbons (Fsp3) is 0.833. The van der Waals surface area contributed by atoms with Crippen molar-refractivity contribution >= 4 is 11.9 Å². The van der Waals surface area contributed by atoms with Crippen LogP contribution in [-0.2, 0) is 14.3 Å². The Morgan fingerprint density at radius 2 is 2.18 bits per heavy atom. The van der Waals surface area contributed by atoms with Crippen molar-refractivity contribution in [3.63, 3.8) is 0 Å². The average Bonchev–Trinajstić information content (AvgIpc) is 2.65. The number of ether oxygens (including phenoxy) is 1. The summed E-state index contributed by atoms with van der Waals surface area (Å²) in [6.07, 6.45) is 2.64. The second kappa shape index (κ2) is 5.04. The highest BCUT2D eigenvalue weighted by molar-refractivity contribution is 5.79.